The molecule has 1 fully saturated rings. The first-order valence-electron chi connectivity index (χ1n) is 6.88. The number of hydrogen-bond donors (Lipinski definition) is 0. The smallest absolute Gasteiger partial charge is 0.341 e. The largest absolute Gasteiger partial charge is 0.493 e. The van der Waals surface area contributed by atoms with E-state index in [0.29, 0.717) is 11.5 Å². The fourth-order valence-corrected chi connectivity index (χ4v) is 3.00. The molecule has 1 heterocycles. The molecule has 1 aliphatic rings. The van der Waals surface area contributed by atoms with E-state index < -0.39 is 11.2 Å². The topological polar surface area (TPSA) is 57.3 Å². The number of ether oxygens (including phenoxy) is 4. The monoisotopic (exact) mass is 294 g/mol. The molecule has 1 saturated heterocycles. The molecule has 2 atom stereocenters. The molecule has 21 heavy (non-hydrogen) atoms. The maximum absolute atomic E-state index is 12.2. The van der Waals surface area contributed by atoms with Gasteiger partial charge in [0.25, 0.3) is 0 Å². The van der Waals surface area contributed by atoms with Gasteiger partial charge < -0.3 is 18.9 Å². The average molecular weight is 294 g/mol. The van der Waals surface area contributed by atoms with Gasteiger partial charge in [0.1, 0.15) is 5.60 Å². The zero-order valence-electron chi connectivity index (χ0n) is 13.4. The molecule has 5 nitrogen and oxygen atoms in total. The predicted molar refractivity (Wildman–Crippen MR) is 77.6 cm³/mol. The van der Waals surface area contributed by atoms with Crippen molar-refractivity contribution in [2.45, 2.75) is 32.0 Å². The summed E-state index contributed by atoms with van der Waals surface area (Å²) in [4.78, 5) is 12.2. The van der Waals surface area contributed by atoms with Crippen LogP contribution in [-0.2, 0) is 19.9 Å². The summed E-state index contributed by atoms with van der Waals surface area (Å²) < 4.78 is 21.4. The van der Waals surface area contributed by atoms with Gasteiger partial charge in [0.15, 0.2) is 11.5 Å². The van der Waals surface area contributed by atoms with Gasteiger partial charge in [-0.2, -0.15) is 0 Å². The number of benzene rings is 1. The van der Waals surface area contributed by atoms with Crippen LogP contribution in [-0.4, -0.2) is 32.9 Å². The number of epoxide rings is 1. The molecule has 0 N–H and O–H groups in total. The van der Waals surface area contributed by atoms with Crippen molar-refractivity contribution in [2.24, 2.45) is 5.92 Å². The van der Waals surface area contributed by atoms with Crippen molar-refractivity contribution in [3.63, 3.8) is 0 Å². The van der Waals surface area contributed by atoms with Crippen molar-refractivity contribution in [3.05, 3.63) is 23.8 Å². The maximum atomic E-state index is 12.2. The summed E-state index contributed by atoms with van der Waals surface area (Å²) in [5.74, 6) is 0.880. The van der Waals surface area contributed by atoms with Crippen LogP contribution in [0.4, 0.5) is 0 Å². The lowest BCUT2D eigenvalue weighted by atomic mass is 9.80. The van der Waals surface area contributed by atoms with Gasteiger partial charge in [-0.05, 0) is 30.5 Å². The molecule has 1 aromatic carbocycles. The highest BCUT2D eigenvalue weighted by atomic mass is 16.7. The average Bonchev–Trinajstić information content (AvgIpc) is 3.14. The number of hydrogen-bond acceptors (Lipinski definition) is 5. The van der Waals surface area contributed by atoms with E-state index in [1.54, 1.807) is 14.2 Å². The minimum absolute atomic E-state index is 0.0111. The Bertz CT molecular complexity index is 554. The molecule has 0 saturated carbocycles. The van der Waals surface area contributed by atoms with Crippen molar-refractivity contribution in [2.75, 3.05) is 21.3 Å². The van der Waals surface area contributed by atoms with E-state index in [1.807, 2.05) is 39.0 Å². The van der Waals surface area contributed by atoms with Crippen molar-refractivity contribution >= 4 is 5.97 Å². The van der Waals surface area contributed by atoms with Crippen molar-refractivity contribution < 1.29 is 23.7 Å². The highest BCUT2D eigenvalue weighted by Crippen LogP contribution is 2.60. The molecule has 0 aromatic heterocycles. The zero-order chi connectivity index (χ0) is 15.8. The third kappa shape index (κ3) is 2.07. The van der Waals surface area contributed by atoms with Gasteiger partial charge in [-0.3, -0.25) is 0 Å². The van der Waals surface area contributed by atoms with Crippen LogP contribution in [0.5, 0.6) is 11.5 Å². The van der Waals surface area contributed by atoms with Crippen LogP contribution >= 0.6 is 0 Å². The molecule has 0 radical (unpaired) electrons. The van der Waals surface area contributed by atoms with E-state index in [2.05, 4.69) is 0 Å². The number of rotatable bonds is 5. The van der Waals surface area contributed by atoms with Gasteiger partial charge >= 0.3 is 5.97 Å². The third-order valence-corrected chi connectivity index (χ3v) is 4.27. The second-order valence-electron chi connectivity index (χ2n) is 5.59. The summed E-state index contributed by atoms with van der Waals surface area (Å²) in [6, 6.07) is 5.53. The zero-order valence-corrected chi connectivity index (χ0v) is 13.4. The molecule has 0 bridgehead atoms. The predicted octanol–water partition coefficient (Wildman–Crippen LogP) is 2.52. The van der Waals surface area contributed by atoms with Gasteiger partial charge in [-0.15, -0.1) is 0 Å². The van der Waals surface area contributed by atoms with E-state index in [0.717, 1.165) is 5.56 Å². The summed E-state index contributed by atoms with van der Waals surface area (Å²) in [6.45, 7) is 5.79. The Morgan fingerprint density at radius 2 is 1.76 bits per heavy atom. The quantitative estimate of drug-likeness (QED) is 0.617. The van der Waals surface area contributed by atoms with E-state index >= 15 is 0 Å². The van der Waals surface area contributed by atoms with Crippen LogP contribution < -0.4 is 9.47 Å². The SMILES string of the molecule is COC(=O)C1(C(C)C)OC1(C)c1ccc(OC)c(OC)c1. The Balaban J connectivity index is 2.45. The molecule has 0 spiro atoms. The van der Waals surface area contributed by atoms with E-state index in [9.17, 15) is 4.79 Å². The highest BCUT2D eigenvalue weighted by Gasteiger charge is 2.75. The summed E-state index contributed by atoms with van der Waals surface area (Å²) >= 11 is 0. The molecular formula is C16H22O5. The van der Waals surface area contributed by atoms with Gasteiger partial charge in [-0.1, -0.05) is 19.9 Å². The van der Waals surface area contributed by atoms with Crippen LogP contribution in [0.2, 0.25) is 0 Å². The van der Waals surface area contributed by atoms with Crippen LogP contribution in [0.15, 0.2) is 18.2 Å². The molecule has 0 aliphatic carbocycles. The molecule has 0 amide bonds. The molecule has 2 unspecified atom stereocenters. The van der Waals surface area contributed by atoms with Gasteiger partial charge in [0.05, 0.1) is 21.3 Å². The Morgan fingerprint density at radius 3 is 2.24 bits per heavy atom. The number of carbonyl (C=O) groups is 1. The van der Waals surface area contributed by atoms with Crippen LogP contribution in [0.3, 0.4) is 0 Å². The highest BCUT2D eigenvalue weighted by molar-refractivity contribution is 5.85. The minimum Gasteiger partial charge on any atom is -0.493 e. The van der Waals surface area contributed by atoms with E-state index in [4.69, 9.17) is 18.9 Å². The van der Waals surface area contributed by atoms with Crippen molar-refractivity contribution in [1.82, 2.24) is 0 Å². The summed E-state index contributed by atoms with van der Waals surface area (Å²) in [5, 5.41) is 0. The van der Waals surface area contributed by atoms with Crippen LogP contribution in [0, 0.1) is 5.92 Å². The summed E-state index contributed by atoms with van der Waals surface area (Å²) in [5.41, 5.74) is -0.825. The van der Waals surface area contributed by atoms with Crippen LogP contribution in [0.1, 0.15) is 26.3 Å². The molecule has 1 aliphatic heterocycles. The molecule has 5 heteroatoms. The lowest BCUT2D eigenvalue weighted by Crippen LogP contribution is -2.37. The van der Waals surface area contributed by atoms with Gasteiger partial charge in [0.2, 0.25) is 5.60 Å². The normalized spacial score (nSPS) is 27.4. The summed E-state index contributed by atoms with van der Waals surface area (Å²) in [6.07, 6.45) is 0. The lowest BCUT2D eigenvalue weighted by Gasteiger charge is -2.19. The molecular weight excluding hydrogens is 272 g/mol. The fourth-order valence-electron chi connectivity index (χ4n) is 3.00. The molecule has 116 valence electrons. The van der Waals surface area contributed by atoms with Gasteiger partial charge in [0, 0.05) is 0 Å². The first-order valence-corrected chi connectivity index (χ1v) is 6.88. The summed E-state index contributed by atoms with van der Waals surface area (Å²) in [7, 11) is 4.54. The Labute approximate surface area is 125 Å². The molecule has 2 rings (SSSR count). The number of carbonyl (C=O) groups excluding carboxylic acids is 1. The van der Waals surface area contributed by atoms with E-state index in [-0.39, 0.29) is 11.9 Å². The first kappa shape index (κ1) is 15.6. The fraction of sp³-hybridized carbons (Fsp3) is 0.562. The maximum Gasteiger partial charge on any atom is 0.341 e. The van der Waals surface area contributed by atoms with E-state index in [1.165, 1.54) is 7.11 Å². The Kier molecular flexibility index (Phi) is 3.89. The lowest BCUT2D eigenvalue weighted by molar-refractivity contribution is -0.148. The molecule has 1 aromatic rings. The second kappa shape index (κ2) is 5.22. The van der Waals surface area contributed by atoms with Crippen LogP contribution in [0.25, 0.3) is 0 Å². The Hall–Kier alpha value is -1.75. The number of methoxy groups -OCH3 is 3. The van der Waals surface area contributed by atoms with Crippen molar-refractivity contribution in [3.8, 4) is 11.5 Å². The Morgan fingerprint density at radius 1 is 1.14 bits per heavy atom. The van der Waals surface area contributed by atoms with Gasteiger partial charge in [-0.25, -0.2) is 4.79 Å². The minimum atomic E-state index is -0.957. The second-order valence-corrected chi connectivity index (χ2v) is 5.59. The third-order valence-electron chi connectivity index (χ3n) is 4.27. The first-order chi connectivity index (χ1) is 9.87. The van der Waals surface area contributed by atoms with Crippen molar-refractivity contribution in [1.29, 1.82) is 0 Å². The standard InChI is InChI=1S/C16H22O5/c1-10(2)16(14(17)20-6)15(3,21-16)11-7-8-12(18-4)13(9-11)19-5/h7-10H,1-6H3. The number of esters is 1.